The van der Waals surface area contributed by atoms with Crippen molar-refractivity contribution in [3.8, 4) is 34.1 Å². The molecule has 0 saturated carbocycles. The van der Waals surface area contributed by atoms with E-state index in [1.54, 1.807) is 26.0 Å². The molecule has 130 valence electrons. The fourth-order valence-electron chi connectivity index (χ4n) is 2.61. The Morgan fingerprint density at radius 1 is 1.08 bits per heavy atom. The maximum absolute atomic E-state index is 13.1. The average Bonchev–Trinajstić information content (AvgIpc) is 2.55. The monoisotopic (exact) mass is 342 g/mol. The molecule has 0 unspecified atom stereocenters. The lowest BCUT2D eigenvalue weighted by atomic mass is 10.0. The first-order chi connectivity index (χ1) is 11.9. The normalized spacial score (nSPS) is 11.0. The Hall–Kier alpha value is -3.15. The Morgan fingerprint density at radius 3 is 2.36 bits per heavy atom. The fourth-order valence-corrected chi connectivity index (χ4v) is 2.61. The molecule has 0 aliphatic heterocycles. The Morgan fingerprint density at radius 2 is 1.76 bits per heavy atom. The highest BCUT2D eigenvalue weighted by Gasteiger charge is 2.22. The summed E-state index contributed by atoms with van der Waals surface area (Å²) < 4.78 is 16.5. The van der Waals surface area contributed by atoms with E-state index in [2.05, 4.69) is 0 Å². The third kappa shape index (κ3) is 2.98. The van der Waals surface area contributed by atoms with E-state index in [4.69, 9.17) is 13.9 Å². The molecular weight excluding hydrogens is 324 g/mol. The number of benzene rings is 2. The van der Waals surface area contributed by atoms with Crippen LogP contribution in [-0.2, 0) is 0 Å². The summed E-state index contributed by atoms with van der Waals surface area (Å²) in [5.74, 6) is 0.147. The molecule has 6 nitrogen and oxygen atoms in total. The summed E-state index contributed by atoms with van der Waals surface area (Å²) in [6, 6.07) is 7.54. The molecule has 0 spiro atoms. The second-order valence-electron chi connectivity index (χ2n) is 5.82. The molecule has 6 heteroatoms. The first kappa shape index (κ1) is 16.7. The molecule has 2 N–H and O–H groups in total. The van der Waals surface area contributed by atoms with Gasteiger partial charge < -0.3 is 24.1 Å². The molecule has 0 bridgehead atoms. The number of hydrogen-bond acceptors (Lipinski definition) is 6. The predicted octanol–water partition coefficient (Wildman–Crippen LogP) is 3.67. The van der Waals surface area contributed by atoms with E-state index in [-0.39, 0.29) is 45.5 Å². The van der Waals surface area contributed by atoms with E-state index in [0.717, 1.165) is 0 Å². The molecule has 0 aliphatic rings. The Balaban J connectivity index is 2.34. The maximum atomic E-state index is 13.1. The van der Waals surface area contributed by atoms with Crippen LogP contribution >= 0.6 is 0 Å². The van der Waals surface area contributed by atoms with E-state index in [9.17, 15) is 15.0 Å². The smallest absolute Gasteiger partial charge is 0.204 e. The second-order valence-corrected chi connectivity index (χ2v) is 5.82. The van der Waals surface area contributed by atoms with Gasteiger partial charge in [0.1, 0.15) is 23.0 Å². The summed E-state index contributed by atoms with van der Waals surface area (Å²) in [6.45, 7) is 3.61. The van der Waals surface area contributed by atoms with Crippen molar-refractivity contribution in [2.75, 3.05) is 7.11 Å². The third-order valence-corrected chi connectivity index (χ3v) is 3.69. The molecule has 1 heterocycles. The van der Waals surface area contributed by atoms with Gasteiger partial charge in [0, 0.05) is 6.07 Å². The van der Waals surface area contributed by atoms with E-state index in [1.165, 1.54) is 31.6 Å². The van der Waals surface area contributed by atoms with Crippen LogP contribution < -0.4 is 14.9 Å². The minimum Gasteiger partial charge on any atom is -0.508 e. The standard InChI is InChI=1S/C19H18O6/c1-10(2)25-19-16-15(8-14(21)18(19)23-3)24-9-13(17(16)22)11-4-6-12(20)7-5-11/h4-10,20-21H,1-3H3. The lowest BCUT2D eigenvalue weighted by Gasteiger charge is -2.16. The Bertz CT molecular complexity index is 970. The van der Waals surface area contributed by atoms with Crippen LogP contribution in [0.2, 0.25) is 0 Å². The Kier molecular flexibility index (Phi) is 4.27. The number of methoxy groups -OCH3 is 1. The highest BCUT2D eigenvalue weighted by molar-refractivity contribution is 5.91. The summed E-state index contributed by atoms with van der Waals surface area (Å²) in [4.78, 5) is 13.1. The number of fused-ring (bicyclic) bond motifs is 1. The van der Waals surface area contributed by atoms with E-state index in [0.29, 0.717) is 11.1 Å². The number of rotatable bonds is 4. The van der Waals surface area contributed by atoms with Crippen molar-refractivity contribution in [3.05, 3.63) is 46.8 Å². The van der Waals surface area contributed by atoms with Gasteiger partial charge in [-0.15, -0.1) is 0 Å². The van der Waals surface area contributed by atoms with Crippen LogP contribution in [0.25, 0.3) is 22.1 Å². The fraction of sp³-hybridized carbons (Fsp3) is 0.211. The number of hydrogen-bond donors (Lipinski definition) is 2. The van der Waals surface area contributed by atoms with Crippen molar-refractivity contribution in [3.63, 3.8) is 0 Å². The molecule has 3 rings (SSSR count). The summed E-state index contributed by atoms with van der Waals surface area (Å²) in [5.41, 5.74) is 0.784. The molecule has 0 saturated heterocycles. The summed E-state index contributed by atoms with van der Waals surface area (Å²) in [6.07, 6.45) is 1.08. The third-order valence-electron chi connectivity index (χ3n) is 3.69. The molecule has 0 amide bonds. The van der Waals surface area contributed by atoms with Gasteiger partial charge in [-0.2, -0.15) is 0 Å². The SMILES string of the molecule is COc1c(O)cc2occ(-c3ccc(O)cc3)c(=O)c2c1OC(C)C. The van der Waals surface area contributed by atoms with Gasteiger partial charge >= 0.3 is 0 Å². The van der Waals surface area contributed by atoms with Crippen LogP contribution in [0, 0.1) is 0 Å². The van der Waals surface area contributed by atoms with Gasteiger partial charge in [-0.25, -0.2) is 0 Å². The van der Waals surface area contributed by atoms with Gasteiger partial charge in [-0.1, -0.05) is 12.1 Å². The first-order valence-electron chi connectivity index (χ1n) is 7.74. The van der Waals surface area contributed by atoms with Gasteiger partial charge in [0.05, 0.1) is 18.8 Å². The zero-order chi connectivity index (χ0) is 18.1. The molecule has 2 aromatic carbocycles. The van der Waals surface area contributed by atoms with Crippen molar-refractivity contribution < 1.29 is 24.1 Å². The highest BCUT2D eigenvalue weighted by atomic mass is 16.5. The van der Waals surface area contributed by atoms with Crippen LogP contribution in [0.3, 0.4) is 0 Å². The van der Waals surface area contributed by atoms with Gasteiger partial charge in [-0.05, 0) is 31.5 Å². The zero-order valence-corrected chi connectivity index (χ0v) is 14.1. The van der Waals surface area contributed by atoms with Gasteiger partial charge in [0.15, 0.2) is 11.5 Å². The van der Waals surface area contributed by atoms with Crippen molar-refractivity contribution in [1.29, 1.82) is 0 Å². The molecule has 25 heavy (non-hydrogen) atoms. The summed E-state index contributed by atoms with van der Waals surface area (Å²) >= 11 is 0. The van der Waals surface area contributed by atoms with Crippen molar-refractivity contribution in [1.82, 2.24) is 0 Å². The van der Waals surface area contributed by atoms with E-state index >= 15 is 0 Å². The maximum Gasteiger partial charge on any atom is 0.204 e. The molecule has 0 aliphatic carbocycles. The largest absolute Gasteiger partial charge is 0.508 e. The van der Waals surface area contributed by atoms with Crippen LogP contribution in [-0.4, -0.2) is 23.4 Å². The quantitative estimate of drug-likeness (QED) is 0.752. The molecule has 3 aromatic rings. The van der Waals surface area contributed by atoms with Gasteiger partial charge in [0.2, 0.25) is 11.2 Å². The molecule has 0 atom stereocenters. The topological polar surface area (TPSA) is 89.1 Å². The number of phenols is 2. The van der Waals surface area contributed by atoms with Gasteiger partial charge in [0.25, 0.3) is 0 Å². The molecule has 0 fully saturated rings. The van der Waals surface area contributed by atoms with Crippen molar-refractivity contribution in [2.24, 2.45) is 0 Å². The highest BCUT2D eigenvalue weighted by Crippen LogP contribution is 2.42. The number of phenolic OH excluding ortho intramolecular Hbond substituents is 2. The van der Waals surface area contributed by atoms with E-state index < -0.39 is 0 Å². The van der Waals surface area contributed by atoms with Crippen LogP contribution in [0.5, 0.6) is 23.0 Å². The van der Waals surface area contributed by atoms with Crippen LogP contribution in [0.4, 0.5) is 0 Å². The molecule has 1 aromatic heterocycles. The Labute approximate surface area is 143 Å². The van der Waals surface area contributed by atoms with Crippen molar-refractivity contribution in [2.45, 2.75) is 20.0 Å². The minimum atomic E-state index is -0.319. The average molecular weight is 342 g/mol. The van der Waals surface area contributed by atoms with Crippen LogP contribution in [0.15, 0.2) is 45.8 Å². The number of aromatic hydroxyl groups is 2. The van der Waals surface area contributed by atoms with E-state index in [1.807, 2.05) is 0 Å². The second kappa shape index (κ2) is 6.39. The predicted molar refractivity (Wildman–Crippen MR) is 93.6 cm³/mol. The number of ether oxygens (including phenoxy) is 2. The first-order valence-corrected chi connectivity index (χ1v) is 7.74. The lowest BCUT2D eigenvalue weighted by molar-refractivity contribution is 0.230. The van der Waals surface area contributed by atoms with Gasteiger partial charge in [-0.3, -0.25) is 4.79 Å². The summed E-state index contributed by atoms with van der Waals surface area (Å²) in [5, 5.41) is 19.7. The minimum absolute atomic E-state index is 0.0800. The molecular formula is C19H18O6. The summed E-state index contributed by atoms with van der Waals surface area (Å²) in [7, 11) is 1.39. The lowest BCUT2D eigenvalue weighted by Crippen LogP contribution is -2.12. The van der Waals surface area contributed by atoms with Crippen molar-refractivity contribution >= 4 is 11.0 Å². The molecule has 0 radical (unpaired) electrons. The zero-order valence-electron chi connectivity index (χ0n) is 14.1. The van der Waals surface area contributed by atoms with Crippen LogP contribution in [0.1, 0.15) is 13.8 Å².